The highest BCUT2D eigenvalue weighted by atomic mass is 16.2. The van der Waals surface area contributed by atoms with Crippen LogP contribution in [0, 0.1) is 11.8 Å². The van der Waals surface area contributed by atoms with E-state index in [0.29, 0.717) is 70.4 Å². The van der Waals surface area contributed by atoms with Gasteiger partial charge in [-0.2, -0.15) is 0 Å². The van der Waals surface area contributed by atoms with Crippen molar-refractivity contribution in [3.05, 3.63) is 60.0 Å². The lowest BCUT2D eigenvalue weighted by Crippen LogP contribution is -2.58. The molecule has 9 heterocycles. The highest BCUT2D eigenvalue weighted by Gasteiger charge is 2.56. The molecule has 16 heteroatoms. The highest BCUT2D eigenvalue weighted by Crippen LogP contribution is 2.52. The number of carbonyl (C=O) groups is 5. The minimum absolute atomic E-state index is 0.0299. The number of imidazole rings is 1. The predicted octanol–water partition coefficient (Wildman–Crippen LogP) is 6.94. The van der Waals surface area contributed by atoms with Crippen LogP contribution in [0.25, 0.3) is 22.3 Å². The van der Waals surface area contributed by atoms with Gasteiger partial charge in [-0.25, -0.2) is 15.0 Å². The van der Waals surface area contributed by atoms with E-state index in [4.69, 9.17) is 9.97 Å². The number of benzene rings is 1. The van der Waals surface area contributed by atoms with Crippen LogP contribution in [0.3, 0.4) is 0 Å². The van der Waals surface area contributed by atoms with Crippen LogP contribution in [-0.4, -0.2) is 134 Å². The van der Waals surface area contributed by atoms with Gasteiger partial charge < -0.3 is 34.4 Å². The number of imide groups is 1. The van der Waals surface area contributed by atoms with Gasteiger partial charge in [-0.05, 0) is 146 Å². The fourth-order valence-electron chi connectivity index (χ4n) is 13.4. The number of amides is 5. The molecule has 1 aromatic carbocycles. The molecule has 1 unspecified atom stereocenters. The van der Waals surface area contributed by atoms with Crippen molar-refractivity contribution in [3.63, 3.8) is 0 Å². The molecule has 2 saturated carbocycles. The maximum atomic E-state index is 15.2. The lowest BCUT2D eigenvalue weighted by atomic mass is 9.73. The van der Waals surface area contributed by atoms with Gasteiger partial charge in [-0.3, -0.25) is 29.3 Å². The molecule has 0 radical (unpaired) electrons. The molecule has 4 aromatic rings. The third-order valence-electron chi connectivity index (χ3n) is 18.0. The monoisotopic (exact) mass is 978 g/mol. The van der Waals surface area contributed by atoms with Gasteiger partial charge in [0.25, 0.3) is 0 Å². The lowest BCUT2D eigenvalue weighted by Gasteiger charge is -2.48. The molecule has 16 nitrogen and oxygen atoms in total. The number of hydrogen-bond acceptors (Lipinski definition) is 11. The number of carbonyl (C=O) groups excluding carboxylic acids is 5. The van der Waals surface area contributed by atoms with Gasteiger partial charge in [0.05, 0.1) is 28.9 Å². The van der Waals surface area contributed by atoms with Gasteiger partial charge in [0.15, 0.2) is 5.82 Å². The predicted molar refractivity (Wildman–Crippen MR) is 275 cm³/mol. The van der Waals surface area contributed by atoms with Crippen LogP contribution in [0.5, 0.6) is 0 Å². The number of piperidine rings is 5. The zero-order valence-electron chi connectivity index (χ0n) is 42.2. The van der Waals surface area contributed by atoms with Crippen LogP contribution >= 0.6 is 0 Å². The Morgan fingerprint density at radius 3 is 2.26 bits per heavy atom. The Hall–Kier alpha value is -5.90. The molecule has 8 aliphatic rings. The first-order valence-electron chi connectivity index (χ1n) is 27.5. The van der Waals surface area contributed by atoms with Gasteiger partial charge >= 0.3 is 0 Å². The fraction of sp³-hybridized carbons (Fsp3) is 0.607. The molecule has 380 valence electrons. The molecule has 5 saturated heterocycles. The summed E-state index contributed by atoms with van der Waals surface area (Å²) in [6, 6.07) is 13.9. The van der Waals surface area contributed by atoms with Crippen molar-refractivity contribution < 1.29 is 24.0 Å². The third-order valence-corrected chi connectivity index (χ3v) is 18.0. The summed E-state index contributed by atoms with van der Waals surface area (Å²) in [6.07, 6.45) is 17.5. The molecule has 2 aliphatic carbocycles. The van der Waals surface area contributed by atoms with E-state index in [1.165, 1.54) is 19.3 Å². The van der Waals surface area contributed by atoms with Crippen molar-refractivity contribution in [2.45, 2.75) is 152 Å². The summed E-state index contributed by atoms with van der Waals surface area (Å²) >= 11 is 0. The second-order valence-electron chi connectivity index (χ2n) is 22.8. The van der Waals surface area contributed by atoms with Crippen molar-refractivity contribution in [3.8, 4) is 11.3 Å². The summed E-state index contributed by atoms with van der Waals surface area (Å²) in [5, 5.41) is 6.13. The van der Waals surface area contributed by atoms with E-state index in [1.54, 1.807) is 6.20 Å². The van der Waals surface area contributed by atoms with Gasteiger partial charge in [0.2, 0.25) is 29.5 Å². The summed E-state index contributed by atoms with van der Waals surface area (Å²) in [7, 11) is 0. The second kappa shape index (κ2) is 19.2. The van der Waals surface area contributed by atoms with E-state index in [9.17, 15) is 19.2 Å². The summed E-state index contributed by atoms with van der Waals surface area (Å²) < 4.78 is 2.20. The molecule has 7 fully saturated rings. The molecule has 5 amide bonds. The number of nitrogens with zero attached hydrogens (tertiary/aromatic N) is 9. The van der Waals surface area contributed by atoms with Crippen molar-refractivity contribution >= 4 is 57.9 Å². The van der Waals surface area contributed by atoms with Crippen molar-refractivity contribution in [1.29, 1.82) is 0 Å². The maximum absolute atomic E-state index is 15.2. The normalized spacial score (nSPS) is 25.3. The van der Waals surface area contributed by atoms with Gasteiger partial charge in [0.1, 0.15) is 11.3 Å². The molecule has 0 bridgehead atoms. The third kappa shape index (κ3) is 8.82. The lowest BCUT2D eigenvalue weighted by molar-refractivity contribution is -0.139. The van der Waals surface area contributed by atoms with Crippen LogP contribution < -0.4 is 20.4 Å². The van der Waals surface area contributed by atoms with Crippen molar-refractivity contribution in [2.75, 3.05) is 67.5 Å². The first-order valence-corrected chi connectivity index (χ1v) is 27.5. The quantitative estimate of drug-likeness (QED) is 0.150. The summed E-state index contributed by atoms with van der Waals surface area (Å²) in [5.74, 6) is 1.67. The Bertz CT molecular complexity index is 2730. The van der Waals surface area contributed by atoms with E-state index in [0.717, 1.165) is 128 Å². The van der Waals surface area contributed by atoms with Gasteiger partial charge in [-0.15, -0.1) is 0 Å². The minimum Gasteiger partial charge on any atom is -0.366 e. The molecule has 3 aromatic heterocycles. The average molecular weight is 978 g/mol. The van der Waals surface area contributed by atoms with Crippen LogP contribution in [0.4, 0.5) is 17.3 Å². The molecule has 1 spiro atoms. The largest absolute Gasteiger partial charge is 0.366 e. The standard InChI is InChI=1S/C56H71N11O5/c1-35(2)66-34-58-46-32-45(60-52(51(46)66)59-40-8-9-40)38-6-11-44-47(29-38)67(42-30-41(31-42)62-20-4-3-5-21-62)55(72)56(44)18-26-64(27-19-56)50(69)28-36-14-22-65(23-15-36)54(71)37-16-24-63(25-17-37)48-12-7-39(33-57-48)43-10-13-49(68)61-53(43)70/h6-7,11-12,29,32-37,40-43H,3-5,8-10,13-28,30-31H2,1-2H3,(H,59,60)(H,61,68,70). The Labute approximate surface area is 422 Å². The number of likely N-dealkylation sites (tertiary alicyclic amines) is 3. The van der Waals surface area contributed by atoms with E-state index < -0.39 is 5.41 Å². The zero-order valence-corrected chi connectivity index (χ0v) is 42.2. The average Bonchev–Trinajstić information content (AvgIpc) is 4.05. The van der Waals surface area contributed by atoms with E-state index in [2.05, 4.69) is 73.0 Å². The van der Waals surface area contributed by atoms with Crippen LogP contribution in [-0.2, 0) is 29.4 Å². The van der Waals surface area contributed by atoms with E-state index in [-0.39, 0.29) is 59.4 Å². The molecule has 6 aliphatic heterocycles. The summed E-state index contributed by atoms with van der Waals surface area (Å²) in [4.78, 5) is 92.8. The number of pyridine rings is 2. The van der Waals surface area contributed by atoms with Crippen LogP contribution in [0.2, 0.25) is 0 Å². The van der Waals surface area contributed by atoms with Gasteiger partial charge in [-0.1, -0.05) is 24.6 Å². The first-order chi connectivity index (χ1) is 35.0. The number of aromatic nitrogens is 4. The summed E-state index contributed by atoms with van der Waals surface area (Å²) in [6.45, 7) is 10.6. The second-order valence-corrected chi connectivity index (χ2v) is 22.8. The Kier molecular flexibility index (Phi) is 12.6. The molecule has 12 rings (SSSR count). The Balaban J connectivity index is 0.676. The SMILES string of the molecule is CC(C)n1cnc2cc(-c3ccc4c(c3)N(C3CC(N5CCCCC5)C3)C(=O)C43CCN(C(=O)CC4CCN(C(=O)C5CCN(c6ccc(C7CCC(=O)NC7=O)cn6)CC5)CC4)CC3)nc(NC3CC3)c21. The number of fused-ring (bicyclic) bond motifs is 3. The van der Waals surface area contributed by atoms with E-state index >= 15 is 4.79 Å². The molecular formula is C56H71N11O5. The molecule has 1 atom stereocenters. The fourth-order valence-corrected chi connectivity index (χ4v) is 13.4. The number of hydrogen-bond donors (Lipinski definition) is 2. The van der Waals surface area contributed by atoms with Gasteiger partial charge in [0, 0.05) is 99.6 Å². The number of anilines is 3. The molecule has 72 heavy (non-hydrogen) atoms. The molecule has 2 N–H and O–H groups in total. The van der Waals surface area contributed by atoms with Crippen molar-refractivity contribution in [1.82, 2.24) is 39.5 Å². The highest BCUT2D eigenvalue weighted by molar-refractivity contribution is 6.09. The smallest absolute Gasteiger partial charge is 0.238 e. The number of rotatable bonds is 11. The number of nitrogens with one attached hydrogen (secondary N) is 2. The van der Waals surface area contributed by atoms with E-state index in [1.807, 2.05) is 28.3 Å². The molecular weight excluding hydrogens is 907 g/mol. The minimum atomic E-state index is -0.659. The topological polar surface area (TPSA) is 169 Å². The zero-order chi connectivity index (χ0) is 49.3. The summed E-state index contributed by atoms with van der Waals surface area (Å²) in [5.41, 5.74) is 6.09. The maximum Gasteiger partial charge on any atom is 0.238 e. The Morgan fingerprint density at radius 2 is 1.57 bits per heavy atom. The van der Waals surface area contributed by atoms with Crippen molar-refractivity contribution in [2.24, 2.45) is 11.8 Å². The Morgan fingerprint density at radius 1 is 0.806 bits per heavy atom. The van der Waals surface area contributed by atoms with Crippen LogP contribution in [0.1, 0.15) is 140 Å². The first kappa shape index (κ1) is 47.1. The van der Waals surface area contributed by atoms with Crippen LogP contribution in [0.15, 0.2) is 48.9 Å².